The maximum atomic E-state index is 13.7. The number of aromatic nitrogens is 1. The van der Waals surface area contributed by atoms with E-state index in [2.05, 4.69) is 14.5 Å². The highest BCUT2D eigenvalue weighted by molar-refractivity contribution is 5.90. The normalized spacial score (nSPS) is 10.7. The van der Waals surface area contributed by atoms with Gasteiger partial charge >= 0.3 is 25.2 Å². The number of aromatic carboxylic acids is 2. The first kappa shape index (κ1) is 42.8. The number of ether oxygens (including phenoxy) is 4. The number of rotatable bonds is 16. The Hall–Kier alpha value is -7.36. The summed E-state index contributed by atoms with van der Waals surface area (Å²) in [6.45, 7) is -5.43. The summed E-state index contributed by atoms with van der Waals surface area (Å²) < 4.78 is 83.5. The number of methoxy groups -OCH3 is 2. The quantitative estimate of drug-likeness (QED) is 0.0905. The number of anilines is 4. The van der Waals surface area contributed by atoms with Crippen molar-refractivity contribution in [3.8, 4) is 23.0 Å². The summed E-state index contributed by atoms with van der Waals surface area (Å²) in [5.41, 5.74) is 3.95. The average molecular weight is 818 g/mol. The van der Waals surface area contributed by atoms with Crippen LogP contribution in [0.2, 0.25) is 0 Å². The van der Waals surface area contributed by atoms with Gasteiger partial charge in [0.15, 0.2) is 23.0 Å². The maximum absolute atomic E-state index is 13.7. The number of benzene rings is 5. The van der Waals surface area contributed by atoms with Gasteiger partial charge in [-0.1, -0.05) is 30.3 Å². The molecule has 0 aliphatic rings. The molecule has 0 aliphatic heterocycles. The van der Waals surface area contributed by atoms with E-state index in [-0.39, 0.29) is 40.7 Å². The SMILES string of the molecule is COc1cc(N(Cc2cccc(F)c2)c2cccc(C(=O)O)c2)ccc1OC(F)F.COc1cc(N(Cc2cccnc2)c2cccc(C(=O)O)c2)ccc1OC(F)F. The van der Waals surface area contributed by atoms with E-state index < -0.39 is 31.0 Å². The highest BCUT2D eigenvalue weighted by Gasteiger charge is 2.19. The molecule has 0 saturated carbocycles. The molecule has 1 aromatic heterocycles. The third kappa shape index (κ3) is 11.8. The van der Waals surface area contributed by atoms with Gasteiger partial charge in [-0.15, -0.1) is 0 Å². The number of nitrogens with zero attached hydrogens (tertiary/aromatic N) is 3. The van der Waals surface area contributed by atoms with Crippen LogP contribution in [0.15, 0.2) is 134 Å². The molecule has 0 unspecified atom stereocenters. The van der Waals surface area contributed by atoms with Crippen LogP contribution in [-0.2, 0) is 13.1 Å². The fraction of sp³-hybridized carbons (Fsp3) is 0.140. The van der Waals surface area contributed by atoms with Gasteiger partial charge in [-0.2, -0.15) is 17.6 Å². The Labute approximate surface area is 335 Å². The van der Waals surface area contributed by atoms with Crippen LogP contribution < -0.4 is 28.7 Å². The Bertz CT molecular complexity index is 2350. The Kier molecular flexibility index (Phi) is 14.6. The zero-order valence-corrected chi connectivity index (χ0v) is 31.3. The van der Waals surface area contributed by atoms with Crippen molar-refractivity contribution < 1.29 is 60.7 Å². The minimum Gasteiger partial charge on any atom is -0.493 e. The fourth-order valence-corrected chi connectivity index (χ4v) is 5.80. The Morgan fingerprint density at radius 1 is 0.576 bits per heavy atom. The van der Waals surface area contributed by atoms with Gasteiger partial charge in [0.25, 0.3) is 0 Å². The number of pyridine rings is 1. The van der Waals surface area contributed by atoms with Crippen LogP contribution in [0.3, 0.4) is 0 Å². The molecule has 0 radical (unpaired) electrons. The summed E-state index contributed by atoms with van der Waals surface area (Å²) in [4.78, 5) is 30.4. The molecule has 2 N–H and O–H groups in total. The minimum atomic E-state index is -3.01. The van der Waals surface area contributed by atoms with Crippen molar-refractivity contribution in [2.45, 2.75) is 26.3 Å². The van der Waals surface area contributed by atoms with E-state index in [0.717, 1.165) is 5.56 Å². The van der Waals surface area contributed by atoms with Crippen LogP contribution in [0.4, 0.5) is 44.7 Å². The second kappa shape index (κ2) is 20.2. The lowest BCUT2D eigenvalue weighted by Gasteiger charge is -2.26. The van der Waals surface area contributed by atoms with Gasteiger partial charge in [-0.05, 0) is 90.0 Å². The molecule has 0 amide bonds. The molecule has 0 bridgehead atoms. The molecule has 6 rings (SSSR count). The predicted molar refractivity (Wildman–Crippen MR) is 208 cm³/mol. The molecular weight excluding hydrogens is 781 g/mol. The zero-order valence-electron chi connectivity index (χ0n) is 31.3. The van der Waals surface area contributed by atoms with E-state index in [1.54, 1.807) is 71.9 Å². The fourth-order valence-electron chi connectivity index (χ4n) is 5.80. The number of halogens is 5. The summed E-state index contributed by atoms with van der Waals surface area (Å²) in [5.74, 6) is -2.58. The molecule has 0 aliphatic carbocycles. The lowest BCUT2D eigenvalue weighted by Crippen LogP contribution is -2.17. The van der Waals surface area contributed by atoms with Crippen LogP contribution in [0.1, 0.15) is 31.8 Å². The number of carbonyl (C=O) groups is 2. The molecule has 1 heterocycles. The van der Waals surface area contributed by atoms with E-state index in [9.17, 15) is 41.8 Å². The Balaban J connectivity index is 0.000000224. The Morgan fingerprint density at radius 2 is 1.03 bits per heavy atom. The first-order chi connectivity index (χ1) is 28.3. The van der Waals surface area contributed by atoms with E-state index in [1.807, 2.05) is 11.0 Å². The number of alkyl halides is 4. The van der Waals surface area contributed by atoms with Crippen molar-refractivity contribution in [3.63, 3.8) is 0 Å². The highest BCUT2D eigenvalue weighted by atomic mass is 19.3. The highest BCUT2D eigenvalue weighted by Crippen LogP contribution is 2.38. The van der Waals surface area contributed by atoms with Crippen molar-refractivity contribution in [3.05, 3.63) is 162 Å². The monoisotopic (exact) mass is 817 g/mol. The number of carboxylic acids is 2. The van der Waals surface area contributed by atoms with Crippen LogP contribution >= 0.6 is 0 Å². The third-order valence-corrected chi connectivity index (χ3v) is 8.45. The van der Waals surface area contributed by atoms with Gasteiger partial charge in [-0.25, -0.2) is 14.0 Å². The topological polar surface area (TPSA) is 131 Å². The molecule has 0 atom stereocenters. The standard InChI is InChI=1S/C22H18F3NO4.C21H18F2N2O4/c1-29-20-12-18(8-9-19(20)30-22(24)25)26(13-14-4-2-6-16(23)10-14)17-7-3-5-15(11-17)21(27)28;1-28-19-11-17(7-8-18(19)29-21(22)23)25(13-14-4-3-9-24-12-14)16-6-2-5-15(10-16)20(26)27/h2-12,22H,13H2,1H3,(H,27,28);2-12,21H,13H2,1H3,(H,26,27). The van der Waals surface area contributed by atoms with E-state index in [4.69, 9.17) is 9.47 Å². The Morgan fingerprint density at radius 3 is 1.46 bits per heavy atom. The zero-order chi connectivity index (χ0) is 42.5. The van der Waals surface area contributed by atoms with Crippen molar-refractivity contribution in [2.75, 3.05) is 24.0 Å². The van der Waals surface area contributed by atoms with Gasteiger partial charge in [0.05, 0.1) is 25.3 Å². The molecule has 59 heavy (non-hydrogen) atoms. The first-order valence-corrected chi connectivity index (χ1v) is 17.5. The first-order valence-electron chi connectivity index (χ1n) is 17.5. The van der Waals surface area contributed by atoms with Gasteiger partial charge in [0, 0.05) is 60.4 Å². The van der Waals surface area contributed by atoms with Gasteiger partial charge in [0.1, 0.15) is 5.82 Å². The largest absolute Gasteiger partial charge is 0.493 e. The van der Waals surface area contributed by atoms with Crippen molar-refractivity contribution in [1.29, 1.82) is 0 Å². The molecule has 0 fully saturated rings. The van der Waals surface area contributed by atoms with Crippen molar-refractivity contribution in [1.82, 2.24) is 4.98 Å². The van der Waals surface area contributed by atoms with E-state index in [0.29, 0.717) is 34.9 Å². The molecule has 16 heteroatoms. The summed E-state index contributed by atoms with van der Waals surface area (Å²) in [5, 5.41) is 18.6. The summed E-state index contributed by atoms with van der Waals surface area (Å²) in [6, 6.07) is 31.2. The van der Waals surface area contributed by atoms with E-state index >= 15 is 0 Å². The molecule has 0 spiro atoms. The second-order valence-corrected chi connectivity index (χ2v) is 12.3. The smallest absolute Gasteiger partial charge is 0.387 e. The van der Waals surface area contributed by atoms with Crippen molar-refractivity contribution in [2.24, 2.45) is 0 Å². The van der Waals surface area contributed by atoms with Crippen LogP contribution in [0, 0.1) is 5.82 Å². The van der Waals surface area contributed by atoms with Crippen LogP contribution in [0.5, 0.6) is 23.0 Å². The third-order valence-electron chi connectivity index (χ3n) is 8.45. The lowest BCUT2D eigenvalue weighted by molar-refractivity contribution is -0.0518. The van der Waals surface area contributed by atoms with Crippen molar-refractivity contribution >= 4 is 34.7 Å². The van der Waals surface area contributed by atoms with Crippen LogP contribution in [0.25, 0.3) is 0 Å². The molecule has 306 valence electrons. The number of carboxylic acid groups (broad SMARTS) is 2. The number of hydrogen-bond acceptors (Lipinski definition) is 9. The number of hydrogen-bond donors (Lipinski definition) is 2. The minimum absolute atomic E-state index is 0.0707. The maximum Gasteiger partial charge on any atom is 0.387 e. The summed E-state index contributed by atoms with van der Waals surface area (Å²) in [6.07, 6.45) is 3.35. The lowest BCUT2D eigenvalue weighted by atomic mass is 10.1. The molecule has 11 nitrogen and oxygen atoms in total. The summed E-state index contributed by atoms with van der Waals surface area (Å²) >= 11 is 0. The molecule has 5 aromatic carbocycles. The van der Waals surface area contributed by atoms with E-state index in [1.165, 1.54) is 74.9 Å². The predicted octanol–water partition coefficient (Wildman–Crippen LogP) is 10.2. The molecule has 6 aromatic rings. The molecule has 0 saturated heterocycles. The summed E-state index contributed by atoms with van der Waals surface area (Å²) in [7, 11) is 2.67. The average Bonchev–Trinajstić information content (AvgIpc) is 3.22. The molecular formula is C43H36F5N3O8. The second-order valence-electron chi connectivity index (χ2n) is 12.3. The van der Waals surface area contributed by atoms with Crippen LogP contribution in [-0.4, -0.2) is 54.6 Å². The van der Waals surface area contributed by atoms with Gasteiger partial charge in [0.2, 0.25) is 0 Å². The van der Waals surface area contributed by atoms with Gasteiger partial charge < -0.3 is 39.0 Å². The van der Waals surface area contributed by atoms with Gasteiger partial charge in [-0.3, -0.25) is 4.98 Å².